The van der Waals surface area contributed by atoms with Crippen molar-refractivity contribution < 1.29 is 8.78 Å². The third-order valence-electron chi connectivity index (χ3n) is 2.67. The zero-order valence-corrected chi connectivity index (χ0v) is 11.4. The molecule has 1 heterocycles. The van der Waals surface area contributed by atoms with Gasteiger partial charge in [-0.25, -0.2) is 13.8 Å². The fourth-order valence-electron chi connectivity index (χ4n) is 1.69. The number of anilines is 1. The van der Waals surface area contributed by atoms with Gasteiger partial charge in [0.2, 0.25) is 0 Å². The van der Waals surface area contributed by atoms with E-state index >= 15 is 0 Å². The number of hydrogen-bond acceptors (Lipinski definition) is 3. The Morgan fingerprint density at radius 2 is 2.00 bits per heavy atom. The summed E-state index contributed by atoms with van der Waals surface area (Å²) < 4.78 is 24.8. The number of alkyl halides is 2. The molecule has 18 heavy (non-hydrogen) atoms. The summed E-state index contributed by atoms with van der Waals surface area (Å²) in [6, 6.07) is 3.87. The molecule has 0 saturated carbocycles. The van der Waals surface area contributed by atoms with Crippen molar-refractivity contribution in [2.45, 2.75) is 32.7 Å². The van der Waals surface area contributed by atoms with Crippen molar-refractivity contribution in [2.24, 2.45) is 0 Å². The summed E-state index contributed by atoms with van der Waals surface area (Å²) in [5, 5.41) is 3.06. The lowest BCUT2D eigenvalue weighted by Crippen LogP contribution is -2.25. The summed E-state index contributed by atoms with van der Waals surface area (Å²) in [6.07, 6.45) is -2.35. The lowest BCUT2D eigenvalue weighted by atomic mass is 10.1. The molecular formula is C13H21F2N3. The van der Waals surface area contributed by atoms with Crippen LogP contribution >= 0.6 is 0 Å². The highest BCUT2D eigenvalue weighted by Gasteiger charge is 2.12. The van der Waals surface area contributed by atoms with Crippen LogP contribution in [0.25, 0.3) is 0 Å². The Labute approximate surface area is 107 Å². The van der Waals surface area contributed by atoms with Crippen molar-refractivity contribution >= 4 is 5.82 Å². The van der Waals surface area contributed by atoms with E-state index in [1.165, 1.54) is 4.90 Å². The van der Waals surface area contributed by atoms with E-state index in [1.54, 1.807) is 7.05 Å². The maximum atomic E-state index is 12.4. The summed E-state index contributed by atoms with van der Waals surface area (Å²) in [5.41, 5.74) is 1.99. The molecule has 0 aliphatic rings. The molecule has 0 aliphatic carbocycles. The summed E-state index contributed by atoms with van der Waals surface area (Å²) in [5.74, 6) is 0.882. The van der Waals surface area contributed by atoms with E-state index in [1.807, 2.05) is 33.0 Å². The van der Waals surface area contributed by atoms with Gasteiger partial charge >= 0.3 is 0 Å². The summed E-state index contributed by atoms with van der Waals surface area (Å²) >= 11 is 0. The average molecular weight is 257 g/mol. The van der Waals surface area contributed by atoms with Crippen molar-refractivity contribution in [1.82, 2.24) is 10.3 Å². The first-order valence-electron chi connectivity index (χ1n) is 6.08. The average Bonchev–Trinajstić information content (AvgIpc) is 2.28. The number of hydrogen-bond donors (Lipinski definition) is 1. The van der Waals surface area contributed by atoms with Gasteiger partial charge in [-0.3, -0.25) is 0 Å². The number of nitrogens with zero attached hydrogens (tertiary/aromatic N) is 2. The number of nitrogens with one attached hydrogen (secondary N) is 1. The first kappa shape index (κ1) is 14.8. The molecule has 5 heteroatoms. The first-order valence-corrected chi connectivity index (χ1v) is 6.08. The maximum Gasteiger partial charge on any atom is 0.255 e. The molecule has 102 valence electrons. The van der Waals surface area contributed by atoms with Crippen LogP contribution in [0.3, 0.4) is 0 Å². The molecule has 0 radical (unpaired) electrons. The molecule has 1 N–H and O–H groups in total. The van der Waals surface area contributed by atoms with Crippen molar-refractivity contribution in [1.29, 1.82) is 0 Å². The lowest BCUT2D eigenvalue weighted by Gasteiger charge is -2.20. The maximum absolute atomic E-state index is 12.4. The number of pyridine rings is 1. The van der Waals surface area contributed by atoms with E-state index in [4.69, 9.17) is 0 Å². The molecule has 0 aliphatic heterocycles. The topological polar surface area (TPSA) is 28.2 Å². The van der Waals surface area contributed by atoms with Crippen LogP contribution in [0.2, 0.25) is 0 Å². The minimum atomic E-state index is -2.35. The Kier molecular flexibility index (Phi) is 5.47. The summed E-state index contributed by atoms with van der Waals surface area (Å²) in [7, 11) is 3.50. The second kappa shape index (κ2) is 6.64. The predicted molar refractivity (Wildman–Crippen MR) is 70.4 cm³/mol. The second-order valence-electron chi connectivity index (χ2n) is 4.72. The van der Waals surface area contributed by atoms with Gasteiger partial charge < -0.3 is 10.2 Å². The predicted octanol–water partition coefficient (Wildman–Crippen LogP) is 2.63. The smallest absolute Gasteiger partial charge is 0.255 e. The second-order valence-corrected chi connectivity index (χ2v) is 4.72. The summed E-state index contributed by atoms with van der Waals surface area (Å²) in [6.45, 7) is 4.50. The highest BCUT2D eigenvalue weighted by Crippen LogP contribution is 2.20. The van der Waals surface area contributed by atoms with E-state index in [9.17, 15) is 8.78 Å². The Balaban J connectivity index is 3.02. The van der Waals surface area contributed by atoms with Gasteiger partial charge in [0.05, 0.1) is 6.54 Å². The van der Waals surface area contributed by atoms with Gasteiger partial charge in [0, 0.05) is 19.3 Å². The van der Waals surface area contributed by atoms with E-state index in [-0.39, 0.29) is 12.5 Å². The van der Waals surface area contributed by atoms with Crippen LogP contribution in [-0.2, 0) is 6.54 Å². The van der Waals surface area contributed by atoms with Crippen molar-refractivity contribution in [3.8, 4) is 0 Å². The zero-order valence-electron chi connectivity index (χ0n) is 11.4. The minimum absolute atomic E-state index is 0.278. The molecule has 0 fully saturated rings. The molecule has 3 nitrogen and oxygen atoms in total. The zero-order chi connectivity index (χ0) is 13.7. The van der Waals surface area contributed by atoms with Gasteiger partial charge in [-0.15, -0.1) is 0 Å². The largest absolute Gasteiger partial charge is 0.354 e. The van der Waals surface area contributed by atoms with Gasteiger partial charge in [-0.05, 0) is 30.7 Å². The standard InChI is InChI=1S/C13H21F2N3/c1-9(2)11-5-10(7-16-3)6-13(17-11)18(4)8-12(14)15/h5-6,9,12,16H,7-8H2,1-4H3. The van der Waals surface area contributed by atoms with Crippen LogP contribution in [0.5, 0.6) is 0 Å². The SMILES string of the molecule is CNCc1cc(C(C)C)nc(N(C)CC(F)F)c1. The highest BCUT2D eigenvalue weighted by molar-refractivity contribution is 5.42. The van der Waals surface area contributed by atoms with E-state index < -0.39 is 6.43 Å². The van der Waals surface area contributed by atoms with Crippen LogP contribution in [0.4, 0.5) is 14.6 Å². The molecule has 0 spiro atoms. The quantitative estimate of drug-likeness (QED) is 0.849. The molecule has 0 unspecified atom stereocenters. The summed E-state index contributed by atoms with van der Waals surface area (Å²) in [4.78, 5) is 5.93. The van der Waals surface area contributed by atoms with Crippen LogP contribution < -0.4 is 10.2 Å². The Morgan fingerprint density at radius 3 is 2.50 bits per heavy atom. The fourth-order valence-corrected chi connectivity index (χ4v) is 1.69. The monoisotopic (exact) mass is 257 g/mol. The van der Waals surface area contributed by atoms with Crippen molar-refractivity contribution in [3.63, 3.8) is 0 Å². The minimum Gasteiger partial charge on any atom is -0.354 e. The Hall–Kier alpha value is -1.23. The number of halogens is 2. The molecule has 0 atom stereocenters. The Bertz CT molecular complexity index is 380. The van der Waals surface area contributed by atoms with E-state index in [0.717, 1.165) is 11.3 Å². The van der Waals surface area contributed by atoms with Crippen LogP contribution in [0.15, 0.2) is 12.1 Å². The highest BCUT2D eigenvalue weighted by atomic mass is 19.3. The Morgan fingerprint density at radius 1 is 1.33 bits per heavy atom. The third-order valence-corrected chi connectivity index (χ3v) is 2.67. The molecule has 1 rings (SSSR count). The van der Waals surface area contributed by atoms with Gasteiger partial charge in [0.15, 0.2) is 0 Å². The van der Waals surface area contributed by atoms with Gasteiger partial charge in [-0.1, -0.05) is 13.8 Å². The third kappa shape index (κ3) is 4.22. The van der Waals surface area contributed by atoms with E-state index in [0.29, 0.717) is 12.4 Å². The van der Waals surface area contributed by atoms with Crippen LogP contribution in [0, 0.1) is 0 Å². The first-order chi connectivity index (χ1) is 8.43. The van der Waals surface area contributed by atoms with Crippen molar-refractivity contribution in [2.75, 3.05) is 25.5 Å². The normalized spacial score (nSPS) is 11.3. The fraction of sp³-hybridized carbons (Fsp3) is 0.615. The lowest BCUT2D eigenvalue weighted by molar-refractivity contribution is 0.156. The van der Waals surface area contributed by atoms with E-state index in [2.05, 4.69) is 10.3 Å². The number of aromatic nitrogens is 1. The van der Waals surface area contributed by atoms with Crippen molar-refractivity contribution in [3.05, 3.63) is 23.4 Å². The molecule has 1 aromatic rings. The molecule has 1 aromatic heterocycles. The van der Waals surface area contributed by atoms with Crippen LogP contribution in [-0.4, -0.2) is 32.0 Å². The molecule has 0 bridgehead atoms. The molecule has 0 aromatic carbocycles. The number of rotatable bonds is 6. The van der Waals surface area contributed by atoms with Gasteiger partial charge in [-0.2, -0.15) is 0 Å². The molecule has 0 amide bonds. The van der Waals surface area contributed by atoms with Gasteiger partial charge in [0.1, 0.15) is 5.82 Å². The van der Waals surface area contributed by atoms with Gasteiger partial charge in [0.25, 0.3) is 6.43 Å². The van der Waals surface area contributed by atoms with Crippen LogP contribution in [0.1, 0.15) is 31.0 Å². The molecular weight excluding hydrogens is 236 g/mol. The molecule has 0 saturated heterocycles.